The van der Waals surface area contributed by atoms with Gasteiger partial charge in [0.25, 0.3) is 0 Å². The Labute approximate surface area is 72.7 Å². The first-order valence-corrected chi connectivity index (χ1v) is 4.28. The van der Waals surface area contributed by atoms with E-state index in [1.54, 1.807) is 6.42 Å². The summed E-state index contributed by atoms with van der Waals surface area (Å²) in [6, 6.07) is 0. The second kappa shape index (κ2) is 5.11. The van der Waals surface area contributed by atoms with Crippen molar-refractivity contribution in [3.05, 3.63) is 6.42 Å². The summed E-state index contributed by atoms with van der Waals surface area (Å²) in [5, 5.41) is 5.84. The molecule has 4 nitrogen and oxygen atoms in total. The second-order valence-electron chi connectivity index (χ2n) is 2.67. The number of hydrogen-bond acceptors (Lipinski definition) is 3. The third-order valence-electron chi connectivity index (χ3n) is 1.64. The highest BCUT2D eigenvalue weighted by atomic mass is 16.5. The van der Waals surface area contributed by atoms with Crippen LogP contribution in [0.4, 0.5) is 0 Å². The molecule has 69 valence electrons. The van der Waals surface area contributed by atoms with Crippen LogP contribution in [-0.4, -0.2) is 38.3 Å². The highest BCUT2D eigenvalue weighted by Gasteiger charge is 2.16. The Morgan fingerprint density at radius 1 is 1.83 bits per heavy atom. The van der Waals surface area contributed by atoms with E-state index >= 15 is 0 Å². The van der Waals surface area contributed by atoms with Gasteiger partial charge in [-0.25, -0.2) is 0 Å². The van der Waals surface area contributed by atoms with Crippen molar-refractivity contribution in [3.8, 4) is 0 Å². The van der Waals surface area contributed by atoms with Crippen LogP contribution in [0, 0.1) is 6.42 Å². The number of ether oxygens (including phenoxy) is 1. The van der Waals surface area contributed by atoms with Gasteiger partial charge in [-0.3, -0.25) is 4.79 Å². The fourth-order valence-corrected chi connectivity index (χ4v) is 1.09. The first kappa shape index (κ1) is 9.48. The molecule has 1 heterocycles. The number of hydrogen-bond donors (Lipinski definition) is 2. The summed E-state index contributed by atoms with van der Waals surface area (Å²) in [6.45, 7) is 4.85. The molecule has 1 atom stereocenters. The highest BCUT2D eigenvalue weighted by molar-refractivity contribution is 5.85. The topological polar surface area (TPSA) is 50.4 Å². The fraction of sp³-hybridized carbons (Fsp3) is 0.750. The van der Waals surface area contributed by atoms with Gasteiger partial charge in [0, 0.05) is 19.6 Å². The van der Waals surface area contributed by atoms with E-state index in [1.165, 1.54) is 0 Å². The van der Waals surface area contributed by atoms with Crippen molar-refractivity contribution in [1.29, 1.82) is 0 Å². The van der Waals surface area contributed by atoms with E-state index in [2.05, 4.69) is 10.6 Å². The van der Waals surface area contributed by atoms with Gasteiger partial charge in [0.15, 0.2) is 0 Å². The maximum Gasteiger partial charge on any atom is 0.226 e. The summed E-state index contributed by atoms with van der Waals surface area (Å²) in [5.74, 6) is -0.0498. The van der Waals surface area contributed by atoms with Crippen molar-refractivity contribution >= 4 is 5.91 Å². The summed E-state index contributed by atoms with van der Waals surface area (Å²) in [7, 11) is 0. The fourth-order valence-electron chi connectivity index (χ4n) is 1.09. The molecule has 1 aliphatic heterocycles. The van der Waals surface area contributed by atoms with Crippen molar-refractivity contribution in [2.75, 3.05) is 26.2 Å². The Bertz CT molecular complexity index is 144. The molecule has 0 bridgehead atoms. The summed E-state index contributed by atoms with van der Waals surface area (Å²) >= 11 is 0. The van der Waals surface area contributed by atoms with Crippen LogP contribution < -0.4 is 10.6 Å². The molecule has 1 amide bonds. The first-order valence-electron chi connectivity index (χ1n) is 4.28. The molecule has 0 aromatic rings. The van der Waals surface area contributed by atoms with Gasteiger partial charge in [0.05, 0.1) is 19.1 Å². The van der Waals surface area contributed by atoms with E-state index in [4.69, 9.17) is 4.74 Å². The molecular formula is C8H15N2O2. The van der Waals surface area contributed by atoms with E-state index in [9.17, 15) is 4.79 Å². The lowest BCUT2D eigenvalue weighted by atomic mass is 10.2. The third kappa shape index (κ3) is 3.19. The third-order valence-corrected chi connectivity index (χ3v) is 1.64. The average molecular weight is 171 g/mol. The maximum atomic E-state index is 11.0. The number of morpholine rings is 1. The normalized spacial score (nSPS) is 23.6. The summed E-state index contributed by atoms with van der Waals surface area (Å²) in [4.78, 5) is 11.0. The minimum Gasteiger partial charge on any atom is -0.375 e. The molecule has 1 saturated heterocycles. The van der Waals surface area contributed by atoms with Gasteiger partial charge in [-0.1, -0.05) is 0 Å². The molecular weight excluding hydrogens is 156 g/mol. The van der Waals surface area contributed by atoms with Crippen molar-refractivity contribution in [2.24, 2.45) is 0 Å². The quantitative estimate of drug-likeness (QED) is 0.591. The summed E-state index contributed by atoms with van der Waals surface area (Å²) in [5.41, 5.74) is 0. The van der Waals surface area contributed by atoms with Crippen LogP contribution >= 0.6 is 0 Å². The number of carbonyl (C=O) groups excluding carboxylic acids is 1. The Kier molecular flexibility index (Phi) is 4.04. The Morgan fingerprint density at radius 2 is 2.67 bits per heavy atom. The molecule has 12 heavy (non-hydrogen) atoms. The molecule has 0 aromatic heterocycles. The standard InChI is InChI=1S/C8H15N2O2/c1-2-10-8(11)5-7-6-9-3-4-12-7/h5,7,9H,2-4,6H2,1H3,(H,10,11). The van der Waals surface area contributed by atoms with Gasteiger partial charge in [-0.15, -0.1) is 0 Å². The lowest BCUT2D eigenvalue weighted by molar-refractivity contribution is -0.119. The van der Waals surface area contributed by atoms with Gasteiger partial charge in [-0.05, 0) is 6.92 Å². The molecule has 1 aliphatic rings. The van der Waals surface area contributed by atoms with Crippen LogP contribution in [0.25, 0.3) is 0 Å². The molecule has 4 heteroatoms. The predicted molar refractivity (Wildman–Crippen MR) is 45.6 cm³/mol. The zero-order chi connectivity index (χ0) is 8.81. The first-order chi connectivity index (χ1) is 5.83. The molecule has 2 N–H and O–H groups in total. The van der Waals surface area contributed by atoms with Gasteiger partial charge in [0.2, 0.25) is 5.91 Å². The molecule has 0 aromatic carbocycles. The monoisotopic (exact) mass is 171 g/mol. The molecule has 0 saturated carbocycles. The molecule has 1 radical (unpaired) electrons. The molecule has 0 aliphatic carbocycles. The zero-order valence-corrected chi connectivity index (χ0v) is 7.30. The van der Waals surface area contributed by atoms with Crippen molar-refractivity contribution < 1.29 is 9.53 Å². The van der Waals surface area contributed by atoms with Gasteiger partial charge < -0.3 is 15.4 Å². The number of carbonyl (C=O) groups is 1. The van der Waals surface area contributed by atoms with Gasteiger partial charge in [0.1, 0.15) is 0 Å². The zero-order valence-electron chi connectivity index (χ0n) is 7.30. The van der Waals surface area contributed by atoms with Crippen LogP contribution in [0.3, 0.4) is 0 Å². The smallest absolute Gasteiger partial charge is 0.226 e. The van der Waals surface area contributed by atoms with E-state index in [0.29, 0.717) is 13.2 Å². The van der Waals surface area contributed by atoms with Gasteiger partial charge >= 0.3 is 0 Å². The molecule has 1 fully saturated rings. The number of amides is 1. The summed E-state index contributed by atoms with van der Waals surface area (Å²) in [6.07, 6.45) is 1.51. The largest absolute Gasteiger partial charge is 0.375 e. The van der Waals surface area contributed by atoms with Crippen LogP contribution in [0.15, 0.2) is 0 Å². The Hall–Kier alpha value is -0.610. The second-order valence-corrected chi connectivity index (χ2v) is 2.67. The van der Waals surface area contributed by atoms with Crippen LogP contribution in [0.1, 0.15) is 6.92 Å². The Balaban J connectivity index is 2.15. The Morgan fingerprint density at radius 3 is 3.25 bits per heavy atom. The molecule has 1 rings (SSSR count). The van der Waals surface area contributed by atoms with Crippen molar-refractivity contribution in [1.82, 2.24) is 10.6 Å². The number of rotatable bonds is 3. The van der Waals surface area contributed by atoms with E-state index in [-0.39, 0.29) is 12.0 Å². The summed E-state index contributed by atoms with van der Waals surface area (Å²) < 4.78 is 5.32. The predicted octanol–water partition coefficient (Wildman–Crippen LogP) is -0.685. The lowest BCUT2D eigenvalue weighted by Gasteiger charge is -2.22. The highest BCUT2D eigenvalue weighted by Crippen LogP contribution is 1.99. The minimum atomic E-state index is -0.0645. The van der Waals surface area contributed by atoms with E-state index in [1.807, 2.05) is 6.92 Å². The average Bonchev–Trinajstić information content (AvgIpc) is 2.06. The van der Waals surface area contributed by atoms with Crippen molar-refractivity contribution in [2.45, 2.75) is 13.0 Å². The van der Waals surface area contributed by atoms with Crippen molar-refractivity contribution in [3.63, 3.8) is 0 Å². The lowest BCUT2D eigenvalue weighted by Crippen LogP contribution is -2.41. The minimum absolute atomic E-state index is 0.0498. The number of nitrogens with one attached hydrogen (secondary N) is 2. The molecule has 1 unspecified atom stereocenters. The van der Waals surface area contributed by atoms with Gasteiger partial charge in [-0.2, -0.15) is 0 Å². The van der Waals surface area contributed by atoms with E-state index in [0.717, 1.165) is 13.1 Å². The van der Waals surface area contributed by atoms with Crippen LogP contribution in [-0.2, 0) is 9.53 Å². The van der Waals surface area contributed by atoms with E-state index < -0.39 is 0 Å². The molecule has 0 spiro atoms. The van der Waals surface area contributed by atoms with Crippen LogP contribution in [0.5, 0.6) is 0 Å². The maximum absolute atomic E-state index is 11.0. The SMILES string of the molecule is CCNC(=O)[CH]C1CNCCO1. The van der Waals surface area contributed by atoms with Crippen LogP contribution in [0.2, 0.25) is 0 Å².